The number of hydrogen-bond acceptors (Lipinski definition) is 4. The van der Waals surface area contributed by atoms with E-state index in [1.54, 1.807) is 4.57 Å². The molecule has 0 aliphatic heterocycles. The van der Waals surface area contributed by atoms with Crippen LogP contribution in [0, 0.1) is 0 Å². The van der Waals surface area contributed by atoms with Gasteiger partial charge in [0.2, 0.25) is 5.78 Å². The van der Waals surface area contributed by atoms with Gasteiger partial charge >= 0.3 is 0 Å². The van der Waals surface area contributed by atoms with Crippen LogP contribution in [0.5, 0.6) is 0 Å². The smallest absolute Gasteiger partial charge is 0.267 e. The molecule has 0 aliphatic carbocycles. The first-order chi connectivity index (χ1) is 11.8. The van der Waals surface area contributed by atoms with E-state index in [9.17, 15) is 4.79 Å². The molecule has 2 aromatic heterocycles. The van der Waals surface area contributed by atoms with Crippen molar-refractivity contribution in [2.75, 3.05) is 5.75 Å². The van der Waals surface area contributed by atoms with Crippen molar-refractivity contribution in [1.82, 2.24) is 19.2 Å². The van der Waals surface area contributed by atoms with Gasteiger partial charge in [0.15, 0.2) is 5.16 Å². The number of hydrogen-bond donors (Lipinski definition) is 0. The van der Waals surface area contributed by atoms with E-state index in [0.717, 1.165) is 22.1 Å². The first kappa shape index (κ1) is 14.7. The third-order valence-corrected chi connectivity index (χ3v) is 4.66. The number of nitrogens with zero attached hydrogens (tertiary/aromatic N) is 4. The molecule has 0 N–H and O–H groups in total. The molecule has 118 valence electrons. The lowest BCUT2D eigenvalue weighted by Gasteiger charge is -2.11. The van der Waals surface area contributed by atoms with Gasteiger partial charge in [-0.05, 0) is 24.3 Å². The number of benzene rings is 2. The van der Waals surface area contributed by atoms with Crippen molar-refractivity contribution in [2.45, 2.75) is 5.16 Å². The average Bonchev–Trinajstić information content (AvgIpc) is 3.05. The highest BCUT2D eigenvalue weighted by atomic mass is 32.2. The molecule has 4 rings (SSSR count). The van der Waals surface area contributed by atoms with Crippen LogP contribution in [0.1, 0.15) is 0 Å². The first-order valence-corrected chi connectivity index (χ1v) is 8.48. The van der Waals surface area contributed by atoms with E-state index < -0.39 is 0 Å². The summed E-state index contributed by atoms with van der Waals surface area (Å²) in [6.45, 7) is 3.75. The van der Waals surface area contributed by atoms with E-state index in [4.69, 9.17) is 0 Å². The lowest BCUT2D eigenvalue weighted by Crippen LogP contribution is -2.21. The maximum absolute atomic E-state index is 13.0. The van der Waals surface area contributed by atoms with Crippen LogP contribution in [0.3, 0.4) is 0 Å². The Kier molecular flexibility index (Phi) is 3.66. The summed E-state index contributed by atoms with van der Waals surface area (Å²) >= 11 is 1.54. The standard InChI is InChI=1S/C18H14N4OS/c1-2-12-24-18-20-19-17-21(13-8-4-3-5-9-13)16(23)14-10-6-7-11-15(14)22(17)18/h2-11H,1,12H2. The zero-order valence-corrected chi connectivity index (χ0v) is 13.6. The predicted octanol–water partition coefficient (Wildman–Crippen LogP) is 3.31. The fraction of sp³-hybridized carbons (Fsp3) is 0.0556. The Bertz CT molecular complexity index is 1100. The summed E-state index contributed by atoms with van der Waals surface area (Å²) in [6.07, 6.45) is 1.82. The molecule has 0 saturated carbocycles. The highest BCUT2D eigenvalue weighted by molar-refractivity contribution is 7.99. The third-order valence-electron chi connectivity index (χ3n) is 3.74. The maximum atomic E-state index is 13.0. The van der Waals surface area contributed by atoms with Crippen LogP contribution in [-0.2, 0) is 0 Å². The van der Waals surface area contributed by atoms with Gasteiger partial charge in [-0.25, -0.2) is 4.57 Å². The van der Waals surface area contributed by atoms with Crippen molar-refractivity contribution in [3.8, 4) is 5.69 Å². The SMILES string of the molecule is C=CCSc1nnc2n(-c3ccccc3)c(=O)c3ccccc3n12. The van der Waals surface area contributed by atoms with Gasteiger partial charge in [0, 0.05) is 5.75 Å². The number of para-hydroxylation sites is 2. The van der Waals surface area contributed by atoms with E-state index >= 15 is 0 Å². The molecule has 0 amide bonds. The Balaban J connectivity index is 2.15. The van der Waals surface area contributed by atoms with Crippen LogP contribution in [0.4, 0.5) is 0 Å². The van der Waals surface area contributed by atoms with E-state index in [-0.39, 0.29) is 5.56 Å². The summed E-state index contributed by atoms with van der Waals surface area (Å²) < 4.78 is 3.53. The van der Waals surface area contributed by atoms with Crippen LogP contribution in [0.15, 0.2) is 77.2 Å². The number of aromatic nitrogens is 4. The summed E-state index contributed by atoms with van der Waals surface area (Å²) in [5.41, 5.74) is 1.48. The number of rotatable bonds is 4. The monoisotopic (exact) mass is 334 g/mol. The van der Waals surface area contributed by atoms with Crippen molar-refractivity contribution < 1.29 is 0 Å². The summed E-state index contributed by atoms with van der Waals surface area (Å²) in [7, 11) is 0. The van der Waals surface area contributed by atoms with Crippen molar-refractivity contribution >= 4 is 28.4 Å². The maximum Gasteiger partial charge on any atom is 0.267 e. The van der Waals surface area contributed by atoms with Gasteiger partial charge in [-0.2, -0.15) is 0 Å². The number of fused-ring (bicyclic) bond motifs is 3. The van der Waals surface area contributed by atoms with Gasteiger partial charge in [-0.1, -0.05) is 48.2 Å². The minimum absolute atomic E-state index is 0.100. The Morgan fingerprint density at radius 3 is 2.58 bits per heavy atom. The van der Waals surface area contributed by atoms with Crippen LogP contribution in [0.2, 0.25) is 0 Å². The fourth-order valence-electron chi connectivity index (χ4n) is 2.72. The Labute approximate surface area is 142 Å². The van der Waals surface area contributed by atoms with E-state index in [1.165, 1.54) is 11.8 Å². The second-order valence-corrected chi connectivity index (χ2v) is 6.20. The molecule has 0 bridgehead atoms. The summed E-state index contributed by atoms with van der Waals surface area (Å²) in [5, 5.41) is 9.93. The molecule has 2 heterocycles. The molecule has 6 heteroatoms. The highest BCUT2D eigenvalue weighted by Crippen LogP contribution is 2.22. The largest absolute Gasteiger partial charge is 0.268 e. The minimum atomic E-state index is -0.100. The van der Waals surface area contributed by atoms with Gasteiger partial charge in [-0.3, -0.25) is 9.20 Å². The van der Waals surface area contributed by atoms with Gasteiger partial charge < -0.3 is 0 Å². The van der Waals surface area contributed by atoms with Crippen molar-refractivity contribution in [1.29, 1.82) is 0 Å². The molecular formula is C18H14N4OS. The van der Waals surface area contributed by atoms with Crippen LogP contribution < -0.4 is 5.56 Å². The Hall–Kier alpha value is -2.86. The van der Waals surface area contributed by atoms with Gasteiger partial charge in [0.1, 0.15) is 0 Å². The molecular weight excluding hydrogens is 320 g/mol. The molecule has 24 heavy (non-hydrogen) atoms. The summed E-state index contributed by atoms with van der Waals surface area (Å²) in [4.78, 5) is 13.0. The fourth-order valence-corrected chi connectivity index (χ4v) is 3.39. The molecule has 0 fully saturated rings. The van der Waals surface area contributed by atoms with Crippen molar-refractivity contribution in [3.05, 3.63) is 77.6 Å². The Morgan fingerprint density at radius 2 is 1.79 bits per heavy atom. The van der Waals surface area contributed by atoms with Crippen molar-refractivity contribution in [2.24, 2.45) is 0 Å². The van der Waals surface area contributed by atoms with Gasteiger partial charge in [0.25, 0.3) is 5.56 Å². The van der Waals surface area contributed by atoms with Crippen LogP contribution in [0.25, 0.3) is 22.4 Å². The number of thioether (sulfide) groups is 1. The topological polar surface area (TPSA) is 52.2 Å². The van der Waals surface area contributed by atoms with Gasteiger partial charge in [-0.15, -0.1) is 16.8 Å². The third kappa shape index (κ3) is 2.23. The molecule has 0 unspecified atom stereocenters. The quantitative estimate of drug-likeness (QED) is 0.424. The summed E-state index contributed by atoms with van der Waals surface area (Å²) in [5.74, 6) is 1.23. The molecule has 0 radical (unpaired) electrons. The summed E-state index contributed by atoms with van der Waals surface area (Å²) in [6, 6.07) is 17.0. The van der Waals surface area contributed by atoms with Crippen molar-refractivity contribution in [3.63, 3.8) is 0 Å². The normalized spacial score (nSPS) is 11.2. The highest BCUT2D eigenvalue weighted by Gasteiger charge is 2.17. The zero-order chi connectivity index (χ0) is 16.5. The second-order valence-electron chi connectivity index (χ2n) is 5.21. The van der Waals surface area contributed by atoms with E-state index in [0.29, 0.717) is 11.2 Å². The van der Waals surface area contributed by atoms with E-state index in [2.05, 4.69) is 16.8 Å². The minimum Gasteiger partial charge on any atom is -0.268 e. The molecule has 4 aromatic rings. The zero-order valence-electron chi connectivity index (χ0n) is 12.8. The van der Waals surface area contributed by atoms with E-state index in [1.807, 2.05) is 65.1 Å². The molecule has 0 saturated heterocycles. The second kappa shape index (κ2) is 5.98. The molecule has 5 nitrogen and oxygen atoms in total. The molecule has 0 atom stereocenters. The Morgan fingerprint density at radius 1 is 1.04 bits per heavy atom. The molecule has 0 aliphatic rings. The first-order valence-electron chi connectivity index (χ1n) is 7.49. The average molecular weight is 334 g/mol. The lowest BCUT2D eigenvalue weighted by atomic mass is 10.2. The van der Waals surface area contributed by atoms with Crippen LogP contribution in [-0.4, -0.2) is 24.9 Å². The lowest BCUT2D eigenvalue weighted by molar-refractivity contribution is 0.932. The molecule has 0 spiro atoms. The molecule has 2 aromatic carbocycles. The van der Waals surface area contributed by atoms with Gasteiger partial charge in [0.05, 0.1) is 16.6 Å². The predicted molar refractivity (Wildman–Crippen MR) is 97.0 cm³/mol. The van der Waals surface area contributed by atoms with Crippen LogP contribution >= 0.6 is 11.8 Å².